The molecule has 0 bridgehead atoms. The summed E-state index contributed by atoms with van der Waals surface area (Å²) in [7, 11) is 0. The molecule has 0 spiro atoms. The van der Waals surface area contributed by atoms with E-state index in [1.54, 1.807) is 12.3 Å². The molecule has 0 amide bonds. The van der Waals surface area contributed by atoms with Crippen molar-refractivity contribution in [3.8, 4) is 11.4 Å². The minimum Gasteiger partial charge on any atom is -0.397 e. The first-order valence-corrected chi connectivity index (χ1v) is 6.89. The summed E-state index contributed by atoms with van der Waals surface area (Å²) in [6.45, 7) is 0. The number of benzene rings is 2. The number of para-hydroxylation sites is 1. The fourth-order valence-corrected chi connectivity index (χ4v) is 2.76. The van der Waals surface area contributed by atoms with Gasteiger partial charge in [0.25, 0.3) is 0 Å². The molecule has 5 heteroatoms. The average Bonchev–Trinajstić information content (AvgIpc) is 2.90. The van der Waals surface area contributed by atoms with Crippen LogP contribution < -0.4 is 5.73 Å². The van der Waals surface area contributed by atoms with Crippen molar-refractivity contribution in [1.29, 1.82) is 0 Å². The second kappa shape index (κ2) is 4.46. The van der Waals surface area contributed by atoms with Crippen LogP contribution in [0.25, 0.3) is 33.3 Å². The number of aromatic nitrogens is 3. The van der Waals surface area contributed by atoms with Crippen molar-refractivity contribution in [2.45, 2.75) is 0 Å². The van der Waals surface area contributed by atoms with Gasteiger partial charge in [-0.1, -0.05) is 29.8 Å². The van der Waals surface area contributed by atoms with Crippen LogP contribution in [-0.4, -0.2) is 15.0 Å². The predicted molar refractivity (Wildman–Crippen MR) is 86.3 cm³/mol. The van der Waals surface area contributed by atoms with Gasteiger partial charge in [-0.3, -0.25) is 4.98 Å². The van der Waals surface area contributed by atoms with Gasteiger partial charge >= 0.3 is 0 Å². The average molecular weight is 295 g/mol. The molecule has 2 aromatic heterocycles. The van der Waals surface area contributed by atoms with E-state index in [9.17, 15) is 0 Å². The number of imidazole rings is 1. The Labute approximate surface area is 125 Å². The van der Waals surface area contributed by atoms with Crippen LogP contribution in [0, 0.1) is 0 Å². The quantitative estimate of drug-likeness (QED) is 0.521. The van der Waals surface area contributed by atoms with Crippen LogP contribution in [0.2, 0.25) is 5.02 Å². The summed E-state index contributed by atoms with van der Waals surface area (Å²) in [5, 5.41) is 1.64. The third-order valence-corrected chi connectivity index (χ3v) is 3.70. The maximum absolute atomic E-state index is 6.04. The van der Waals surface area contributed by atoms with Gasteiger partial charge in [-0.15, -0.1) is 0 Å². The number of fused-ring (bicyclic) bond motifs is 2. The zero-order valence-electron chi connectivity index (χ0n) is 11.0. The molecule has 0 aliphatic heterocycles. The van der Waals surface area contributed by atoms with Crippen molar-refractivity contribution in [3.63, 3.8) is 0 Å². The molecule has 3 N–H and O–H groups in total. The van der Waals surface area contributed by atoms with Crippen LogP contribution in [-0.2, 0) is 0 Å². The number of hydrogen-bond acceptors (Lipinski definition) is 3. The standard InChI is InChI=1S/C16H11ClN4/c17-9-7-12(18)15-14(8-9)20-16(21-15)11-5-6-19-13-4-2-1-3-10(11)13/h1-8H,18H2,(H,20,21). The van der Waals surface area contributed by atoms with Crippen molar-refractivity contribution in [2.75, 3.05) is 5.73 Å². The molecule has 0 aliphatic carbocycles. The number of anilines is 1. The zero-order valence-corrected chi connectivity index (χ0v) is 11.7. The monoisotopic (exact) mass is 294 g/mol. The molecule has 0 saturated heterocycles. The van der Waals surface area contributed by atoms with Crippen LogP contribution >= 0.6 is 11.6 Å². The van der Waals surface area contributed by atoms with Gasteiger partial charge in [0.05, 0.1) is 16.7 Å². The van der Waals surface area contributed by atoms with E-state index in [2.05, 4.69) is 15.0 Å². The summed E-state index contributed by atoms with van der Waals surface area (Å²) in [6.07, 6.45) is 1.78. The van der Waals surface area contributed by atoms with Gasteiger partial charge in [0.15, 0.2) is 0 Å². The van der Waals surface area contributed by atoms with Crippen molar-refractivity contribution in [1.82, 2.24) is 15.0 Å². The van der Waals surface area contributed by atoms with Gasteiger partial charge < -0.3 is 10.7 Å². The van der Waals surface area contributed by atoms with Crippen LogP contribution in [0.3, 0.4) is 0 Å². The molecule has 102 valence electrons. The zero-order chi connectivity index (χ0) is 14.4. The molecule has 4 rings (SSSR count). The highest BCUT2D eigenvalue weighted by molar-refractivity contribution is 6.31. The Morgan fingerprint density at radius 3 is 2.86 bits per heavy atom. The molecule has 4 nitrogen and oxygen atoms in total. The fourth-order valence-electron chi connectivity index (χ4n) is 2.54. The highest BCUT2D eigenvalue weighted by atomic mass is 35.5. The first-order valence-electron chi connectivity index (χ1n) is 6.51. The number of pyridine rings is 1. The molecule has 0 radical (unpaired) electrons. The summed E-state index contributed by atoms with van der Waals surface area (Å²) in [5.74, 6) is 0.762. The number of nitrogen functional groups attached to an aromatic ring is 1. The Hall–Kier alpha value is -2.59. The molecule has 0 atom stereocenters. The fraction of sp³-hybridized carbons (Fsp3) is 0. The predicted octanol–water partition coefficient (Wildman–Crippen LogP) is 4.01. The van der Waals surface area contributed by atoms with E-state index in [-0.39, 0.29) is 0 Å². The first kappa shape index (κ1) is 12.2. The summed E-state index contributed by atoms with van der Waals surface area (Å²) < 4.78 is 0. The summed E-state index contributed by atoms with van der Waals surface area (Å²) in [4.78, 5) is 12.3. The van der Waals surface area contributed by atoms with Crippen molar-refractivity contribution in [2.24, 2.45) is 0 Å². The van der Waals surface area contributed by atoms with Crippen molar-refractivity contribution >= 4 is 39.2 Å². The lowest BCUT2D eigenvalue weighted by atomic mass is 10.1. The van der Waals surface area contributed by atoms with Gasteiger partial charge in [0, 0.05) is 22.2 Å². The highest BCUT2D eigenvalue weighted by Gasteiger charge is 2.11. The van der Waals surface area contributed by atoms with E-state index in [0.29, 0.717) is 10.7 Å². The Morgan fingerprint density at radius 1 is 1.10 bits per heavy atom. The maximum atomic E-state index is 6.04. The molecule has 21 heavy (non-hydrogen) atoms. The summed E-state index contributed by atoms with van der Waals surface area (Å²) in [6, 6.07) is 13.4. The molecule has 0 fully saturated rings. The number of aromatic amines is 1. The largest absolute Gasteiger partial charge is 0.397 e. The maximum Gasteiger partial charge on any atom is 0.139 e. The first-order chi connectivity index (χ1) is 10.2. The van der Waals surface area contributed by atoms with E-state index in [4.69, 9.17) is 17.3 Å². The molecule has 0 aliphatic rings. The number of nitrogens with two attached hydrogens (primary N) is 1. The van der Waals surface area contributed by atoms with Crippen LogP contribution in [0.4, 0.5) is 5.69 Å². The molecule has 0 unspecified atom stereocenters. The molecule has 2 aromatic carbocycles. The number of nitrogens with zero attached hydrogens (tertiary/aromatic N) is 2. The van der Waals surface area contributed by atoms with Gasteiger partial charge in [0.1, 0.15) is 11.3 Å². The number of rotatable bonds is 1. The van der Waals surface area contributed by atoms with Gasteiger partial charge in [-0.05, 0) is 24.3 Å². The van der Waals surface area contributed by atoms with Gasteiger partial charge in [-0.25, -0.2) is 4.98 Å². The van der Waals surface area contributed by atoms with Crippen LogP contribution in [0.15, 0.2) is 48.7 Å². The van der Waals surface area contributed by atoms with E-state index in [0.717, 1.165) is 33.3 Å². The second-order valence-corrected chi connectivity index (χ2v) is 5.29. The summed E-state index contributed by atoms with van der Waals surface area (Å²) >= 11 is 6.04. The Kier molecular flexibility index (Phi) is 2.59. The lowest BCUT2D eigenvalue weighted by molar-refractivity contribution is 1.33. The third-order valence-electron chi connectivity index (χ3n) is 3.49. The second-order valence-electron chi connectivity index (χ2n) is 4.85. The van der Waals surface area contributed by atoms with Crippen LogP contribution in [0.1, 0.15) is 0 Å². The number of nitrogens with one attached hydrogen (secondary N) is 1. The van der Waals surface area contributed by atoms with E-state index < -0.39 is 0 Å². The molecular weight excluding hydrogens is 284 g/mol. The highest BCUT2D eigenvalue weighted by Crippen LogP contribution is 2.30. The lowest BCUT2D eigenvalue weighted by Crippen LogP contribution is -1.87. The molecule has 4 aromatic rings. The van der Waals surface area contributed by atoms with Gasteiger partial charge in [0.2, 0.25) is 0 Å². The third kappa shape index (κ3) is 1.92. The van der Waals surface area contributed by atoms with E-state index >= 15 is 0 Å². The molecule has 0 saturated carbocycles. The van der Waals surface area contributed by atoms with Crippen molar-refractivity contribution in [3.05, 3.63) is 53.7 Å². The number of halogens is 1. The van der Waals surface area contributed by atoms with Crippen molar-refractivity contribution < 1.29 is 0 Å². The smallest absolute Gasteiger partial charge is 0.139 e. The number of hydrogen-bond donors (Lipinski definition) is 2. The Morgan fingerprint density at radius 2 is 1.95 bits per heavy atom. The molecular formula is C16H11ClN4. The minimum atomic E-state index is 0.568. The Balaban J connectivity index is 2.03. The van der Waals surface area contributed by atoms with Gasteiger partial charge in [-0.2, -0.15) is 0 Å². The summed E-state index contributed by atoms with van der Waals surface area (Å²) in [5.41, 5.74) is 10.0. The Bertz CT molecular complexity index is 969. The van der Waals surface area contributed by atoms with E-state index in [1.807, 2.05) is 36.4 Å². The topological polar surface area (TPSA) is 67.6 Å². The minimum absolute atomic E-state index is 0.568. The van der Waals surface area contributed by atoms with Crippen LogP contribution in [0.5, 0.6) is 0 Å². The number of H-pyrrole nitrogens is 1. The molecule has 2 heterocycles. The SMILES string of the molecule is Nc1cc(Cl)cc2[nH]c(-c3ccnc4ccccc34)nc12. The lowest BCUT2D eigenvalue weighted by Gasteiger charge is -2.02. The van der Waals surface area contributed by atoms with E-state index in [1.165, 1.54) is 0 Å². The normalized spacial score (nSPS) is 11.3.